The summed E-state index contributed by atoms with van der Waals surface area (Å²) in [6, 6.07) is 10.8. The number of carbonyl (C=O) groups is 2. The van der Waals surface area contributed by atoms with Crippen LogP contribution in [0.4, 0.5) is 55.3 Å². The summed E-state index contributed by atoms with van der Waals surface area (Å²) >= 11 is 5.74. The van der Waals surface area contributed by atoms with Gasteiger partial charge in [0.1, 0.15) is 0 Å². The van der Waals surface area contributed by atoms with E-state index >= 15 is 0 Å². The van der Waals surface area contributed by atoms with Crippen LogP contribution in [0, 0.1) is 5.92 Å². The van der Waals surface area contributed by atoms with E-state index in [1.165, 1.54) is 29.2 Å². The molecule has 0 radical (unpaired) electrons. The van der Waals surface area contributed by atoms with Gasteiger partial charge in [-0.15, -0.1) is 0 Å². The van der Waals surface area contributed by atoms with E-state index in [-0.39, 0.29) is 29.8 Å². The van der Waals surface area contributed by atoms with Gasteiger partial charge in [0.15, 0.2) is 0 Å². The molecule has 1 aliphatic carbocycles. The van der Waals surface area contributed by atoms with Gasteiger partial charge in [-0.1, -0.05) is 22.0 Å². The summed E-state index contributed by atoms with van der Waals surface area (Å²) < 4.78 is 135. The summed E-state index contributed by atoms with van der Waals surface area (Å²) in [5.74, 6) is -1.50. The van der Waals surface area contributed by atoms with E-state index in [2.05, 4.69) is 31.9 Å². The first-order chi connectivity index (χ1) is 20.2. The molecule has 1 fully saturated rings. The van der Waals surface area contributed by atoms with Crippen molar-refractivity contribution in [3.8, 4) is 0 Å². The molecule has 0 aromatic heterocycles. The van der Waals surface area contributed by atoms with Crippen LogP contribution >= 0.6 is 31.9 Å². The number of hydrogen-bond acceptors (Lipinski definition) is 2. The Morgan fingerprint density at radius 1 is 0.795 bits per heavy atom. The zero-order chi connectivity index (χ0) is 32.8. The van der Waals surface area contributed by atoms with Crippen molar-refractivity contribution in [3.63, 3.8) is 0 Å². The highest BCUT2D eigenvalue weighted by atomic mass is 79.9. The summed E-state index contributed by atoms with van der Waals surface area (Å²) in [5.41, 5.74) is -11.7. The fourth-order valence-corrected chi connectivity index (χ4v) is 5.08. The normalized spacial score (nSPS) is 14.4. The van der Waals surface area contributed by atoms with Crippen LogP contribution in [0.5, 0.6) is 0 Å². The minimum Gasteiger partial charge on any atom is -0.320 e. The van der Waals surface area contributed by atoms with Crippen LogP contribution in [0.15, 0.2) is 69.6 Å². The molecular weight excluding hydrogens is 746 g/mol. The molecule has 4 nitrogen and oxygen atoms in total. The molecule has 236 valence electrons. The number of carbonyl (C=O) groups excluding carboxylic acids is 2. The molecule has 0 spiro atoms. The fraction of sp³-hybridized carbons (Fsp3) is 0.286. The largest absolute Gasteiger partial charge is 0.435 e. The second-order valence-corrected chi connectivity index (χ2v) is 11.7. The minimum absolute atomic E-state index is 0.128. The number of nitrogens with zero attached hydrogens (tertiary/aromatic N) is 1. The maximum Gasteiger partial charge on any atom is 0.435 e. The maximum absolute atomic E-state index is 14.6. The highest BCUT2D eigenvalue weighted by Gasteiger charge is 2.73. The van der Waals surface area contributed by atoms with Crippen LogP contribution in [0.1, 0.15) is 44.7 Å². The van der Waals surface area contributed by atoms with Gasteiger partial charge in [-0.3, -0.25) is 9.59 Å². The van der Waals surface area contributed by atoms with E-state index in [4.69, 9.17) is 0 Å². The van der Waals surface area contributed by atoms with Gasteiger partial charge in [0.25, 0.3) is 11.8 Å². The number of benzene rings is 3. The Kier molecular flexibility index (Phi) is 9.19. The number of anilines is 2. The number of nitrogens with one attached hydrogen (secondary N) is 1. The third-order valence-corrected chi connectivity index (χ3v) is 7.86. The lowest BCUT2D eigenvalue weighted by atomic mass is 9.92. The molecule has 0 heterocycles. The highest BCUT2D eigenvalue weighted by Crippen LogP contribution is 2.55. The zero-order valence-electron chi connectivity index (χ0n) is 21.8. The molecule has 0 unspecified atom stereocenters. The van der Waals surface area contributed by atoms with Gasteiger partial charge in [0.05, 0.1) is 11.3 Å². The van der Waals surface area contributed by atoms with Crippen LogP contribution in [-0.2, 0) is 11.8 Å². The molecular formula is C28H18Br2F10N2O2. The average molecular weight is 764 g/mol. The Morgan fingerprint density at radius 2 is 1.39 bits per heavy atom. The number of halogens is 12. The molecule has 3 aromatic rings. The molecule has 1 N–H and O–H groups in total. The van der Waals surface area contributed by atoms with Gasteiger partial charge in [0.2, 0.25) is 0 Å². The van der Waals surface area contributed by atoms with E-state index < -0.39 is 63.4 Å². The van der Waals surface area contributed by atoms with Crippen molar-refractivity contribution in [2.45, 2.75) is 37.0 Å². The summed E-state index contributed by atoms with van der Waals surface area (Å²) in [6.07, 6.45) is -17.3. The zero-order valence-corrected chi connectivity index (χ0v) is 24.9. The van der Waals surface area contributed by atoms with Gasteiger partial charge in [0, 0.05) is 37.9 Å². The summed E-state index contributed by atoms with van der Waals surface area (Å²) in [6.45, 7) is 0.272. The highest BCUT2D eigenvalue weighted by molar-refractivity contribution is 9.10. The molecule has 3 aromatic carbocycles. The standard InChI is InChI=1S/C28H18Br2F10N2O2/c29-18-8-6-15(7-9-18)24(44)42(13-14-4-5-14)19-3-1-2-16(10-19)23(43)41-22-20(26(32,33)34)11-17(12-21(22)30)25(31,27(35,36)37)28(38,39)40/h1-3,6-12,14H,4-5,13H2,(H,41,43). The quantitative estimate of drug-likeness (QED) is 0.244. The van der Waals surface area contributed by atoms with E-state index in [9.17, 15) is 53.5 Å². The first-order valence-electron chi connectivity index (χ1n) is 12.5. The number of alkyl halides is 10. The molecule has 0 atom stereocenters. The minimum atomic E-state index is -6.67. The smallest absolute Gasteiger partial charge is 0.320 e. The van der Waals surface area contributed by atoms with Gasteiger partial charge in [-0.2, -0.15) is 39.5 Å². The Balaban J connectivity index is 1.72. The van der Waals surface area contributed by atoms with Crippen molar-refractivity contribution >= 4 is 55.0 Å². The second kappa shape index (κ2) is 12.0. The van der Waals surface area contributed by atoms with E-state index in [0.717, 1.165) is 12.8 Å². The van der Waals surface area contributed by atoms with E-state index in [1.807, 2.05) is 5.32 Å². The molecule has 0 saturated heterocycles. The van der Waals surface area contributed by atoms with Crippen molar-refractivity contribution in [2.24, 2.45) is 5.92 Å². The summed E-state index contributed by atoms with van der Waals surface area (Å²) in [7, 11) is 0. The second-order valence-electron chi connectivity index (χ2n) is 9.90. The predicted octanol–water partition coefficient (Wildman–Crippen LogP) is 9.83. The van der Waals surface area contributed by atoms with Gasteiger partial charge in [-0.05, 0) is 89.3 Å². The topological polar surface area (TPSA) is 49.4 Å². The number of rotatable bonds is 7. The van der Waals surface area contributed by atoms with Crippen molar-refractivity contribution in [1.82, 2.24) is 0 Å². The Morgan fingerprint density at radius 3 is 1.91 bits per heavy atom. The third-order valence-electron chi connectivity index (χ3n) is 6.71. The average Bonchev–Trinajstić information content (AvgIpc) is 3.74. The van der Waals surface area contributed by atoms with Crippen LogP contribution in [-0.4, -0.2) is 30.7 Å². The lowest BCUT2D eigenvalue weighted by Crippen LogP contribution is -2.50. The fourth-order valence-electron chi connectivity index (χ4n) is 4.26. The molecule has 2 amide bonds. The number of amides is 2. The van der Waals surface area contributed by atoms with Crippen LogP contribution in [0.3, 0.4) is 0 Å². The summed E-state index contributed by atoms with van der Waals surface area (Å²) in [4.78, 5) is 27.8. The number of hydrogen-bond donors (Lipinski definition) is 1. The first kappa shape index (κ1) is 33.7. The first-order valence-corrected chi connectivity index (χ1v) is 14.0. The molecule has 1 saturated carbocycles. The lowest BCUT2D eigenvalue weighted by molar-refractivity contribution is -0.348. The Labute approximate surface area is 259 Å². The molecule has 44 heavy (non-hydrogen) atoms. The van der Waals surface area contributed by atoms with Crippen molar-refractivity contribution in [3.05, 3.63) is 91.9 Å². The molecule has 4 rings (SSSR count). The van der Waals surface area contributed by atoms with Crippen LogP contribution in [0.2, 0.25) is 0 Å². The Hall–Kier alpha value is -3.14. The molecule has 16 heteroatoms. The van der Waals surface area contributed by atoms with Crippen LogP contribution < -0.4 is 10.2 Å². The van der Waals surface area contributed by atoms with Crippen molar-refractivity contribution in [1.29, 1.82) is 0 Å². The van der Waals surface area contributed by atoms with Gasteiger partial charge < -0.3 is 10.2 Å². The molecule has 0 bridgehead atoms. The van der Waals surface area contributed by atoms with Crippen molar-refractivity contribution < 1.29 is 53.5 Å². The summed E-state index contributed by atoms with van der Waals surface area (Å²) in [5, 5.41) is 1.84. The Bertz CT molecular complexity index is 1550. The monoisotopic (exact) mass is 762 g/mol. The van der Waals surface area contributed by atoms with E-state index in [1.54, 1.807) is 24.3 Å². The van der Waals surface area contributed by atoms with Gasteiger partial charge in [-0.25, -0.2) is 4.39 Å². The predicted molar refractivity (Wildman–Crippen MR) is 147 cm³/mol. The van der Waals surface area contributed by atoms with Gasteiger partial charge >= 0.3 is 24.2 Å². The maximum atomic E-state index is 14.6. The molecule has 1 aliphatic rings. The van der Waals surface area contributed by atoms with Crippen molar-refractivity contribution in [2.75, 3.05) is 16.8 Å². The SMILES string of the molecule is O=C(Nc1c(Br)cc(C(F)(C(F)(F)F)C(F)(F)F)cc1C(F)(F)F)c1cccc(N(CC2CC2)C(=O)c2ccc(Br)cc2)c1. The molecule has 0 aliphatic heterocycles. The van der Waals surface area contributed by atoms with E-state index in [0.29, 0.717) is 10.0 Å². The third kappa shape index (κ3) is 6.90. The van der Waals surface area contributed by atoms with Crippen LogP contribution in [0.25, 0.3) is 0 Å². The lowest BCUT2D eigenvalue weighted by Gasteiger charge is -2.31.